The zero-order valence-corrected chi connectivity index (χ0v) is 14.3. The molecule has 0 saturated carbocycles. The Morgan fingerprint density at radius 1 is 1.24 bits per heavy atom. The smallest absolute Gasteiger partial charge is 0.276 e. The number of likely N-dealkylation sites (N-methyl/N-ethyl adjacent to an activating group) is 1. The van der Waals surface area contributed by atoms with Gasteiger partial charge in [-0.3, -0.25) is 14.9 Å². The molecule has 6 nitrogen and oxygen atoms in total. The zero-order valence-electron chi connectivity index (χ0n) is 13.6. The van der Waals surface area contributed by atoms with Crippen LogP contribution in [0.4, 0.5) is 5.69 Å². The summed E-state index contributed by atoms with van der Waals surface area (Å²) < 4.78 is 5.53. The molecule has 2 rings (SSSR count). The Morgan fingerprint density at radius 2 is 1.92 bits per heavy atom. The molecule has 0 aromatic heterocycles. The molecule has 0 N–H and O–H groups in total. The highest BCUT2D eigenvalue weighted by Gasteiger charge is 2.11. The average Bonchev–Trinajstić information content (AvgIpc) is 2.61. The second-order valence-electron chi connectivity index (χ2n) is 5.21. The number of nitro benzene ring substituents is 1. The van der Waals surface area contributed by atoms with E-state index in [1.54, 1.807) is 49.5 Å². The number of para-hydroxylation sites is 1. The first-order chi connectivity index (χ1) is 12.0. The summed E-state index contributed by atoms with van der Waals surface area (Å²) in [4.78, 5) is 24.0. The van der Waals surface area contributed by atoms with E-state index in [0.717, 1.165) is 0 Å². The Morgan fingerprint density at radius 3 is 2.60 bits per heavy atom. The molecular weight excluding hydrogens is 344 g/mol. The van der Waals surface area contributed by atoms with E-state index in [1.807, 2.05) is 0 Å². The number of carbonyl (C=O) groups is 1. The fraction of sp³-hybridized carbons (Fsp3) is 0.167. The van der Waals surface area contributed by atoms with Crippen molar-refractivity contribution in [2.24, 2.45) is 0 Å². The summed E-state index contributed by atoms with van der Waals surface area (Å²) >= 11 is 5.80. The van der Waals surface area contributed by atoms with Gasteiger partial charge in [0, 0.05) is 24.2 Å². The average molecular weight is 361 g/mol. The summed E-state index contributed by atoms with van der Waals surface area (Å²) in [5.74, 6) is 0.401. The van der Waals surface area contributed by atoms with Gasteiger partial charge in [0.25, 0.3) is 5.69 Å². The van der Waals surface area contributed by atoms with Gasteiger partial charge in [-0.25, -0.2) is 0 Å². The molecule has 2 aromatic rings. The van der Waals surface area contributed by atoms with Gasteiger partial charge in [-0.05, 0) is 36.4 Å². The third kappa shape index (κ3) is 5.61. The monoisotopic (exact) mass is 360 g/mol. The minimum Gasteiger partial charge on any atom is -0.492 e. The van der Waals surface area contributed by atoms with E-state index in [4.69, 9.17) is 16.3 Å². The molecule has 7 heteroatoms. The lowest BCUT2D eigenvalue weighted by atomic mass is 10.1. The van der Waals surface area contributed by atoms with Crippen molar-refractivity contribution in [1.82, 2.24) is 4.90 Å². The highest BCUT2D eigenvalue weighted by atomic mass is 35.5. The molecule has 0 aliphatic carbocycles. The lowest BCUT2D eigenvalue weighted by Gasteiger charge is -2.15. The first-order valence-corrected chi connectivity index (χ1v) is 7.90. The number of rotatable bonds is 7. The van der Waals surface area contributed by atoms with Crippen molar-refractivity contribution < 1.29 is 14.5 Å². The minimum atomic E-state index is -0.478. The van der Waals surface area contributed by atoms with Crippen molar-refractivity contribution in [2.75, 3.05) is 20.2 Å². The van der Waals surface area contributed by atoms with E-state index in [1.165, 1.54) is 23.1 Å². The highest BCUT2D eigenvalue weighted by molar-refractivity contribution is 6.30. The van der Waals surface area contributed by atoms with E-state index in [2.05, 4.69) is 0 Å². The van der Waals surface area contributed by atoms with Gasteiger partial charge >= 0.3 is 0 Å². The predicted octanol–water partition coefficient (Wildman–Crippen LogP) is 3.80. The SMILES string of the molecule is CN(CCOc1ccc(Cl)cc1)C(=O)/C=C/c1ccccc1[N+](=O)[O-]. The molecule has 0 aliphatic rings. The second-order valence-corrected chi connectivity index (χ2v) is 5.65. The summed E-state index contributed by atoms with van der Waals surface area (Å²) in [5, 5.41) is 11.6. The number of ether oxygens (including phenoxy) is 1. The van der Waals surface area contributed by atoms with Crippen molar-refractivity contribution in [3.63, 3.8) is 0 Å². The fourth-order valence-corrected chi connectivity index (χ4v) is 2.15. The maximum absolute atomic E-state index is 12.1. The molecule has 0 unspecified atom stereocenters. The molecule has 1 amide bonds. The van der Waals surface area contributed by atoms with Crippen LogP contribution in [0.25, 0.3) is 6.08 Å². The third-order valence-electron chi connectivity index (χ3n) is 3.42. The Balaban J connectivity index is 1.87. The van der Waals surface area contributed by atoms with E-state index >= 15 is 0 Å². The third-order valence-corrected chi connectivity index (χ3v) is 3.68. The number of benzene rings is 2. The number of nitrogens with zero attached hydrogens (tertiary/aromatic N) is 2. The first-order valence-electron chi connectivity index (χ1n) is 7.52. The zero-order chi connectivity index (χ0) is 18.2. The normalized spacial score (nSPS) is 10.6. The van der Waals surface area contributed by atoms with Crippen LogP contribution in [0.15, 0.2) is 54.6 Å². The molecular formula is C18H17ClN2O4. The highest BCUT2D eigenvalue weighted by Crippen LogP contribution is 2.19. The topological polar surface area (TPSA) is 72.7 Å². The van der Waals surface area contributed by atoms with Gasteiger partial charge in [-0.15, -0.1) is 0 Å². The van der Waals surface area contributed by atoms with Crippen molar-refractivity contribution in [1.29, 1.82) is 0 Å². The maximum atomic E-state index is 12.1. The fourth-order valence-electron chi connectivity index (χ4n) is 2.02. The molecule has 130 valence electrons. The second kappa shape index (κ2) is 8.84. The first kappa shape index (κ1) is 18.5. The molecule has 0 atom stereocenters. The Hall–Kier alpha value is -2.86. The minimum absolute atomic E-state index is 0.0414. The van der Waals surface area contributed by atoms with Crippen molar-refractivity contribution in [3.05, 3.63) is 75.3 Å². The number of hydrogen-bond acceptors (Lipinski definition) is 4. The van der Waals surface area contributed by atoms with Crippen LogP contribution in [-0.4, -0.2) is 35.9 Å². The summed E-state index contributed by atoms with van der Waals surface area (Å²) in [7, 11) is 1.64. The summed E-state index contributed by atoms with van der Waals surface area (Å²) in [6.45, 7) is 0.700. The molecule has 0 bridgehead atoms. The van der Waals surface area contributed by atoms with Crippen LogP contribution in [0.5, 0.6) is 5.75 Å². The number of amides is 1. The largest absolute Gasteiger partial charge is 0.492 e. The Bertz CT molecular complexity index is 775. The van der Waals surface area contributed by atoms with Gasteiger partial charge in [0.1, 0.15) is 12.4 Å². The maximum Gasteiger partial charge on any atom is 0.276 e. The summed E-state index contributed by atoms with van der Waals surface area (Å²) in [6, 6.07) is 13.2. The van der Waals surface area contributed by atoms with Gasteiger partial charge in [0.15, 0.2) is 0 Å². The summed E-state index contributed by atoms with van der Waals surface area (Å²) in [6.07, 6.45) is 2.75. The van der Waals surface area contributed by atoms with Crippen LogP contribution in [-0.2, 0) is 4.79 Å². The molecule has 2 aromatic carbocycles. The van der Waals surface area contributed by atoms with Crippen molar-refractivity contribution in [3.8, 4) is 5.75 Å². The number of nitro groups is 1. The van der Waals surface area contributed by atoms with Crippen LogP contribution in [0.3, 0.4) is 0 Å². The van der Waals surface area contributed by atoms with E-state index in [9.17, 15) is 14.9 Å². The van der Waals surface area contributed by atoms with Gasteiger partial charge in [0.2, 0.25) is 5.91 Å². The molecule has 0 spiro atoms. The van der Waals surface area contributed by atoms with Gasteiger partial charge in [-0.1, -0.05) is 23.7 Å². The Kier molecular flexibility index (Phi) is 6.54. The molecule has 0 aliphatic heterocycles. The number of hydrogen-bond donors (Lipinski definition) is 0. The molecule has 0 heterocycles. The van der Waals surface area contributed by atoms with Gasteiger partial charge in [0.05, 0.1) is 17.0 Å². The van der Waals surface area contributed by atoms with Gasteiger partial charge in [-0.2, -0.15) is 0 Å². The molecule has 25 heavy (non-hydrogen) atoms. The van der Waals surface area contributed by atoms with Crippen LogP contribution in [0, 0.1) is 10.1 Å². The Labute approximate surface area is 150 Å². The van der Waals surface area contributed by atoms with Crippen LogP contribution in [0.1, 0.15) is 5.56 Å². The molecule has 0 fully saturated rings. The van der Waals surface area contributed by atoms with Crippen LogP contribution < -0.4 is 4.74 Å². The standard InChI is InChI=1S/C18H17ClN2O4/c1-20(12-13-25-16-9-7-15(19)8-10-16)18(22)11-6-14-4-2-3-5-17(14)21(23)24/h2-11H,12-13H2,1H3/b11-6+. The van der Waals surface area contributed by atoms with Crippen LogP contribution in [0.2, 0.25) is 5.02 Å². The number of halogens is 1. The quantitative estimate of drug-likeness (QED) is 0.427. The van der Waals surface area contributed by atoms with E-state index in [0.29, 0.717) is 29.5 Å². The van der Waals surface area contributed by atoms with E-state index in [-0.39, 0.29) is 11.6 Å². The molecule has 0 radical (unpaired) electrons. The van der Waals surface area contributed by atoms with Crippen molar-refractivity contribution in [2.45, 2.75) is 0 Å². The van der Waals surface area contributed by atoms with Gasteiger partial charge < -0.3 is 9.64 Å². The number of carbonyl (C=O) groups excluding carboxylic acids is 1. The lowest BCUT2D eigenvalue weighted by molar-refractivity contribution is -0.385. The van der Waals surface area contributed by atoms with E-state index < -0.39 is 4.92 Å². The molecule has 0 saturated heterocycles. The van der Waals surface area contributed by atoms with Crippen molar-refractivity contribution >= 4 is 29.3 Å². The predicted molar refractivity (Wildman–Crippen MR) is 96.7 cm³/mol. The van der Waals surface area contributed by atoms with Crippen LogP contribution >= 0.6 is 11.6 Å². The lowest BCUT2D eigenvalue weighted by Crippen LogP contribution is -2.29. The summed E-state index contributed by atoms with van der Waals surface area (Å²) in [5.41, 5.74) is 0.340.